The van der Waals surface area contributed by atoms with Crippen molar-refractivity contribution in [3.8, 4) is 5.75 Å². The summed E-state index contributed by atoms with van der Waals surface area (Å²) < 4.78 is 18.7. The molecule has 65 heavy (non-hydrogen) atoms. The minimum atomic E-state index is -0.499. The summed E-state index contributed by atoms with van der Waals surface area (Å²) in [7, 11) is 0. The molecule has 1 saturated carbocycles. The number of nitrogens with one attached hydrogen (secondary N) is 5. The van der Waals surface area contributed by atoms with E-state index in [2.05, 4.69) is 66.3 Å². The van der Waals surface area contributed by atoms with Gasteiger partial charge in [0.05, 0.1) is 54.9 Å². The van der Waals surface area contributed by atoms with Crippen LogP contribution in [-0.2, 0) is 14.3 Å². The number of hydrogen-bond acceptors (Lipinski definition) is 12. The van der Waals surface area contributed by atoms with Gasteiger partial charge >= 0.3 is 6.03 Å². The Morgan fingerprint density at radius 2 is 1.85 bits per heavy atom. The number of fused-ring (bicyclic) bond motifs is 3. The van der Waals surface area contributed by atoms with Crippen LogP contribution in [0.1, 0.15) is 79.0 Å². The van der Waals surface area contributed by atoms with E-state index in [0.717, 1.165) is 58.4 Å². The number of benzene rings is 3. The van der Waals surface area contributed by atoms with Crippen LogP contribution in [0, 0.1) is 35.3 Å². The molecule has 17 nitrogen and oxygen atoms in total. The molecule has 1 aromatic heterocycles. The van der Waals surface area contributed by atoms with Crippen LogP contribution < -0.4 is 31.3 Å². The maximum atomic E-state index is 13.2. The van der Waals surface area contributed by atoms with E-state index < -0.39 is 6.03 Å². The van der Waals surface area contributed by atoms with Crippen LogP contribution in [0.5, 0.6) is 5.75 Å². The SMILES string of the molecule is Cc1cnc(NC(=O)Nc2cc(Br)c(C)cc2OC[C@@H]2CN(C(=O)CCOCCCNc3ccc(C(=O)NCC(C)(C)C4Nc5ccc([N+](=O)[O-])cc5C5CCCC54)cc3)CCO2)cn1. The predicted octanol–water partition coefficient (Wildman–Crippen LogP) is 8.06. The molecule has 4 atom stereocenters. The van der Waals surface area contributed by atoms with Crippen molar-refractivity contribution < 1.29 is 33.5 Å². The van der Waals surface area contributed by atoms with Crippen LogP contribution in [0.4, 0.5) is 33.4 Å². The second-order valence-electron chi connectivity index (χ2n) is 17.6. The zero-order valence-corrected chi connectivity index (χ0v) is 38.9. The number of amides is 4. The lowest BCUT2D eigenvalue weighted by atomic mass is 9.69. The van der Waals surface area contributed by atoms with Crippen molar-refractivity contribution in [3.63, 3.8) is 0 Å². The summed E-state index contributed by atoms with van der Waals surface area (Å²) in [6, 6.07) is 15.7. The van der Waals surface area contributed by atoms with E-state index in [1.165, 1.54) is 6.20 Å². The van der Waals surface area contributed by atoms with Crippen LogP contribution in [0.3, 0.4) is 0 Å². The Balaban J connectivity index is 0.780. The highest BCUT2D eigenvalue weighted by molar-refractivity contribution is 9.10. The van der Waals surface area contributed by atoms with E-state index in [9.17, 15) is 24.5 Å². The molecular formula is C47H58BrN9O8. The number of anilines is 4. The monoisotopic (exact) mass is 955 g/mol. The largest absolute Gasteiger partial charge is 0.489 e. The first-order chi connectivity index (χ1) is 31.2. The van der Waals surface area contributed by atoms with Gasteiger partial charge in [0, 0.05) is 71.2 Å². The van der Waals surface area contributed by atoms with Crippen LogP contribution in [-0.4, -0.2) is 102 Å². The zero-order chi connectivity index (χ0) is 46.1. The fourth-order valence-corrected chi connectivity index (χ4v) is 9.18. The van der Waals surface area contributed by atoms with Gasteiger partial charge in [-0.15, -0.1) is 0 Å². The second kappa shape index (κ2) is 21.4. The molecule has 4 amide bonds. The summed E-state index contributed by atoms with van der Waals surface area (Å²) in [5.41, 5.74) is 5.41. The molecule has 3 aromatic carbocycles. The quantitative estimate of drug-likeness (QED) is 0.0364. The molecule has 0 radical (unpaired) electrons. The lowest BCUT2D eigenvalue weighted by Gasteiger charge is -2.45. The third-order valence-electron chi connectivity index (χ3n) is 12.4. The molecule has 3 heterocycles. The summed E-state index contributed by atoms with van der Waals surface area (Å²) in [6.07, 6.45) is 6.80. The molecule has 1 aliphatic carbocycles. The fraction of sp³-hybridized carbons (Fsp3) is 0.468. The van der Waals surface area contributed by atoms with E-state index in [1.807, 2.05) is 50.2 Å². The molecule has 1 saturated heterocycles. The Morgan fingerprint density at radius 3 is 2.62 bits per heavy atom. The number of ether oxygens (including phenoxy) is 3. The minimum Gasteiger partial charge on any atom is -0.489 e. The summed E-state index contributed by atoms with van der Waals surface area (Å²) in [4.78, 5) is 60.3. The van der Waals surface area contributed by atoms with Gasteiger partial charge in [-0.3, -0.25) is 30.0 Å². The number of aromatic nitrogens is 2. The number of nitro benzene ring substituents is 1. The summed E-state index contributed by atoms with van der Waals surface area (Å²) >= 11 is 3.52. The molecule has 3 aliphatic rings. The van der Waals surface area contributed by atoms with Crippen LogP contribution in [0.2, 0.25) is 0 Å². The van der Waals surface area contributed by atoms with Crippen molar-refractivity contribution in [2.24, 2.45) is 11.3 Å². The molecule has 2 fully saturated rings. The third kappa shape index (κ3) is 12.3. The fourth-order valence-electron chi connectivity index (χ4n) is 8.84. The molecule has 0 spiro atoms. The third-order valence-corrected chi connectivity index (χ3v) is 13.2. The normalized spacial score (nSPS) is 19.0. The smallest absolute Gasteiger partial charge is 0.325 e. The molecule has 4 aromatic rings. The van der Waals surface area contributed by atoms with Crippen molar-refractivity contribution in [2.75, 3.05) is 73.9 Å². The number of morpholine rings is 1. The lowest BCUT2D eigenvalue weighted by molar-refractivity contribution is -0.384. The minimum absolute atomic E-state index is 0.0178. The topological polar surface area (TPSA) is 211 Å². The van der Waals surface area contributed by atoms with Gasteiger partial charge in [0.2, 0.25) is 5.91 Å². The van der Waals surface area contributed by atoms with Crippen molar-refractivity contribution in [2.45, 2.75) is 77.9 Å². The van der Waals surface area contributed by atoms with Crippen molar-refractivity contribution >= 4 is 62.3 Å². The number of nitrogens with zero attached hydrogens (tertiary/aromatic N) is 4. The summed E-state index contributed by atoms with van der Waals surface area (Å²) in [5.74, 6) is 1.22. The van der Waals surface area contributed by atoms with Crippen LogP contribution >= 0.6 is 15.9 Å². The summed E-state index contributed by atoms with van der Waals surface area (Å²) in [5, 5.41) is 27.1. The van der Waals surface area contributed by atoms with Gasteiger partial charge < -0.3 is 40.4 Å². The molecular weight excluding hydrogens is 898 g/mol. The first-order valence-electron chi connectivity index (χ1n) is 22.2. The Hall–Kier alpha value is -5.85. The molecule has 5 N–H and O–H groups in total. The first-order valence-corrected chi connectivity index (χ1v) is 23.0. The number of non-ortho nitro benzene ring substituents is 1. The number of aryl methyl sites for hydroxylation is 2. The van der Waals surface area contributed by atoms with Crippen molar-refractivity contribution in [1.29, 1.82) is 0 Å². The Morgan fingerprint density at radius 1 is 1.03 bits per heavy atom. The summed E-state index contributed by atoms with van der Waals surface area (Å²) in [6.45, 7) is 11.4. The Labute approximate surface area is 387 Å². The van der Waals surface area contributed by atoms with E-state index in [1.54, 1.807) is 29.3 Å². The maximum absolute atomic E-state index is 13.2. The van der Waals surface area contributed by atoms with Crippen LogP contribution in [0.15, 0.2) is 71.5 Å². The van der Waals surface area contributed by atoms with Gasteiger partial charge in [-0.1, -0.05) is 36.2 Å². The Kier molecular flexibility index (Phi) is 15.5. The number of nitro groups is 1. The number of urea groups is 1. The number of halogens is 1. The molecule has 7 rings (SSSR count). The molecule has 3 unspecified atom stereocenters. The Bertz CT molecular complexity index is 2330. The number of carbonyl (C=O) groups excluding carboxylic acids is 3. The lowest BCUT2D eigenvalue weighted by Crippen LogP contribution is -2.51. The number of hydrogen-bond donors (Lipinski definition) is 5. The highest BCUT2D eigenvalue weighted by Crippen LogP contribution is 2.52. The van der Waals surface area contributed by atoms with E-state index in [4.69, 9.17) is 14.2 Å². The predicted molar refractivity (Wildman–Crippen MR) is 252 cm³/mol. The van der Waals surface area contributed by atoms with E-state index in [-0.39, 0.29) is 58.9 Å². The molecule has 346 valence electrons. The van der Waals surface area contributed by atoms with Crippen molar-refractivity contribution in [1.82, 2.24) is 20.2 Å². The standard InChI is InChI=1S/C47H58BrN9O8/c1-29-21-41(40(23-38(29)48)54-46(60)55-42-25-50-30(2)24-51-42)65-27-34-26-56(17-20-64-34)43(58)15-19-63-18-6-16-49-32-11-9-31(10-12-32)45(59)52-28-47(3,4)44-36-8-5-7-35(36)37-22-33(57(61)62)13-14-39(37)53-44/h9-14,21-25,34-36,44,49,53H,5-8,15-20,26-28H2,1-4H3,(H,52,59)(H2,51,54,55,60)/t34-,35?,36?,44?/m0/s1. The number of rotatable bonds is 18. The first kappa shape index (κ1) is 47.1. The molecule has 0 bridgehead atoms. The maximum Gasteiger partial charge on any atom is 0.325 e. The van der Waals surface area contributed by atoms with Crippen LogP contribution in [0.25, 0.3) is 0 Å². The molecule has 2 aliphatic heterocycles. The van der Waals surface area contributed by atoms with Gasteiger partial charge in [0.25, 0.3) is 11.6 Å². The average Bonchev–Trinajstić information content (AvgIpc) is 3.80. The van der Waals surface area contributed by atoms with Gasteiger partial charge in [-0.2, -0.15) is 0 Å². The second-order valence-corrected chi connectivity index (χ2v) is 18.5. The highest BCUT2D eigenvalue weighted by atomic mass is 79.9. The van der Waals surface area contributed by atoms with Crippen molar-refractivity contribution in [3.05, 3.63) is 104 Å². The van der Waals surface area contributed by atoms with Gasteiger partial charge in [-0.05, 0) is 98.5 Å². The van der Waals surface area contributed by atoms with E-state index >= 15 is 0 Å². The zero-order valence-electron chi connectivity index (χ0n) is 37.3. The van der Waals surface area contributed by atoms with Gasteiger partial charge in [0.15, 0.2) is 5.82 Å². The van der Waals surface area contributed by atoms with Gasteiger partial charge in [-0.25, -0.2) is 9.78 Å². The number of carbonyl (C=O) groups is 3. The highest BCUT2D eigenvalue weighted by Gasteiger charge is 2.46. The average molecular weight is 957 g/mol. The van der Waals surface area contributed by atoms with Gasteiger partial charge in [0.1, 0.15) is 18.5 Å². The van der Waals surface area contributed by atoms with E-state index in [0.29, 0.717) is 74.7 Å². The molecule has 18 heteroatoms.